The summed E-state index contributed by atoms with van der Waals surface area (Å²) in [7, 11) is -3.80. The molecule has 19 heavy (non-hydrogen) atoms. The Labute approximate surface area is 127 Å². The van der Waals surface area contributed by atoms with Gasteiger partial charge in [0.2, 0.25) is 10.0 Å². The van der Waals surface area contributed by atoms with Crippen LogP contribution in [0.2, 0.25) is 0 Å². The SMILES string of the molecule is CC1CNCCN1S(=O)(=O)c1c(F)cccc1Br.Cl. The second kappa shape index (κ2) is 6.49. The Balaban J connectivity index is 0.00000180. The Hall–Kier alpha value is -0.210. The van der Waals surface area contributed by atoms with E-state index < -0.39 is 15.8 Å². The highest BCUT2D eigenvalue weighted by Gasteiger charge is 2.34. The molecular weight excluding hydrogens is 359 g/mol. The lowest BCUT2D eigenvalue weighted by Gasteiger charge is -2.33. The molecule has 1 unspecified atom stereocenters. The molecule has 1 N–H and O–H groups in total. The lowest BCUT2D eigenvalue weighted by atomic mass is 10.3. The van der Waals surface area contributed by atoms with E-state index in [0.29, 0.717) is 19.6 Å². The van der Waals surface area contributed by atoms with E-state index in [0.717, 1.165) is 6.07 Å². The van der Waals surface area contributed by atoms with Crippen LogP contribution in [0, 0.1) is 5.82 Å². The van der Waals surface area contributed by atoms with Crippen LogP contribution in [0.1, 0.15) is 6.92 Å². The number of nitrogens with one attached hydrogen (secondary N) is 1. The van der Waals surface area contributed by atoms with Crippen molar-refractivity contribution in [3.05, 3.63) is 28.5 Å². The van der Waals surface area contributed by atoms with Gasteiger partial charge in [-0.25, -0.2) is 12.8 Å². The first kappa shape index (κ1) is 16.8. The van der Waals surface area contributed by atoms with Crippen molar-refractivity contribution in [2.24, 2.45) is 0 Å². The summed E-state index contributed by atoms with van der Waals surface area (Å²) >= 11 is 3.11. The number of piperazine rings is 1. The molecule has 0 aromatic heterocycles. The van der Waals surface area contributed by atoms with Gasteiger partial charge in [0.1, 0.15) is 10.7 Å². The Morgan fingerprint density at radius 1 is 1.47 bits per heavy atom. The van der Waals surface area contributed by atoms with Crippen LogP contribution < -0.4 is 5.32 Å². The number of rotatable bonds is 2. The van der Waals surface area contributed by atoms with Crippen LogP contribution in [0.25, 0.3) is 0 Å². The highest BCUT2D eigenvalue weighted by molar-refractivity contribution is 9.10. The molecule has 0 radical (unpaired) electrons. The van der Waals surface area contributed by atoms with Crippen molar-refractivity contribution in [3.63, 3.8) is 0 Å². The Bertz CT molecular complexity index is 535. The number of sulfonamides is 1. The number of halogens is 3. The summed E-state index contributed by atoms with van der Waals surface area (Å²) in [5.74, 6) is -0.727. The molecule has 4 nitrogen and oxygen atoms in total. The molecule has 1 saturated heterocycles. The van der Waals surface area contributed by atoms with Gasteiger partial charge in [0.15, 0.2) is 0 Å². The van der Waals surface area contributed by atoms with E-state index in [4.69, 9.17) is 0 Å². The van der Waals surface area contributed by atoms with E-state index >= 15 is 0 Å². The van der Waals surface area contributed by atoms with E-state index in [1.54, 1.807) is 6.92 Å². The summed E-state index contributed by atoms with van der Waals surface area (Å²) in [6, 6.07) is 3.97. The first-order valence-electron chi connectivity index (χ1n) is 5.61. The minimum absolute atomic E-state index is 0. The van der Waals surface area contributed by atoms with Crippen LogP contribution in [0.5, 0.6) is 0 Å². The third kappa shape index (κ3) is 3.28. The maximum Gasteiger partial charge on any atom is 0.247 e. The van der Waals surface area contributed by atoms with Crippen LogP contribution in [0.4, 0.5) is 4.39 Å². The van der Waals surface area contributed by atoms with Crippen LogP contribution in [0.3, 0.4) is 0 Å². The van der Waals surface area contributed by atoms with Gasteiger partial charge < -0.3 is 5.32 Å². The first-order chi connectivity index (χ1) is 8.44. The summed E-state index contributed by atoms with van der Waals surface area (Å²) in [6.45, 7) is 3.31. The molecule has 0 aliphatic carbocycles. The highest BCUT2D eigenvalue weighted by Crippen LogP contribution is 2.28. The van der Waals surface area contributed by atoms with Crippen LogP contribution >= 0.6 is 28.3 Å². The average Bonchev–Trinajstić information content (AvgIpc) is 2.28. The zero-order valence-corrected chi connectivity index (χ0v) is 13.5. The summed E-state index contributed by atoms with van der Waals surface area (Å²) in [5, 5.41) is 3.11. The minimum Gasteiger partial charge on any atom is -0.314 e. The van der Waals surface area contributed by atoms with Gasteiger partial charge in [-0.15, -0.1) is 12.4 Å². The van der Waals surface area contributed by atoms with E-state index in [9.17, 15) is 12.8 Å². The van der Waals surface area contributed by atoms with Crippen LogP contribution in [-0.4, -0.2) is 38.4 Å². The number of hydrogen-bond donors (Lipinski definition) is 1. The van der Waals surface area contributed by atoms with Crippen molar-refractivity contribution in [2.45, 2.75) is 17.9 Å². The highest BCUT2D eigenvalue weighted by atomic mass is 79.9. The maximum absolute atomic E-state index is 13.8. The molecule has 1 atom stereocenters. The van der Waals surface area contributed by atoms with Crippen molar-refractivity contribution in [1.29, 1.82) is 0 Å². The summed E-state index contributed by atoms with van der Waals surface area (Å²) in [6.07, 6.45) is 0. The van der Waals surface area contributed by atoms with Crippen LogP contribution in [0.15, 0.2) is 27.6 Å². The van der Waals surface area contributed by atoms with Crippen LogP contribution in [-0.2, 0) is 10.0 Å². The Morgan fingerprint density at radius 3 is 2.74 bits per heavy atom. The maximum atomic E-state index is 13.8. The van der Waals surface area contributed by atoms with E-state index in [2.05, 4.69) is 21.2 Å². The summed E-state index contributed by atoms with van der Waals surface area (Å²) < 4.78 is 40.3. The second-order valence-corrected chi connectivity index (χ2v) is 6.90. The Kier molecular flexibility index (Phi) is 5.76. The predicted octanol–water partition coefficient (Wildman–Crippen LogP) is 1.99. The fraction of sp³-hybridized carbons (Fsp3) is 0.455. The van der Waals surface area contributed by atoms with Gasteiger partial charge in [0, 0.05) is 30.1 Å². The topological polar surface area (TPSA) is 49.4 Å². The molecule has 1 aliphatic heterocycles. The molecule has 0 amide bonds. The zero-order valence-electron chi connectivity index (χ0n) is 10.3. The van der Waals surface area contributed by atoms with Crippen molar-refractivity contribution in [2.75, 3.05) is 19.6 Å². The molecule has 0 bridgehead atoms. The van der Waals surface area contributed by atoms with Crippen molar-refractivity contribution in [1.82, 2.24) is 9.62 Å². The van der Waals surface area contributed by atoms with Crippen molar-refractivity contribution < 1.29 is 12.8 Å². The third-order valence-corrected chi connectivity index (χ3v) is 5.94. The number of benzene rings is 1. The van der Waals surface area contributed by atoms with Gasteiger partial charge in [0.05, 0.1) is 0 Å². The third-order valence-electron chi connectivity index (χ3n) is 2.93. The van der Waals surface area contributed by atoms with E-state index in [-0.39, 0.29) is 27.8 Å². The van der Waals surface area contributed by atoms with Gasteiger partial charge in [-0.05, 0) is 35.0 Å². The molecular formula is C11H15BrClFN2O2S. The normalized spacial score (nSPS) is 20.9. The number of nitrogens with zero attached hydrogens (tertiary/aromatic N) is 1. The fourth-order valence-electron chi connectivity index (χ4n) is 2.03. The molecule has 0 saturated carbocycles. The van der Waals surface area contributed by atoms with E-state index in [1.807, 2.05) is 0 Å². The predicted molar refractivity (Wildman–Crippen MR) is 77.6 cm³/mol. The molecule has 2 rings (SSSR count). The molecule has 1 aromatic carbocycles. The summed E-state index contributed by atoms with van der Waals surface area (Å²) in [5.41, 5.74) is 0. The van der Waals surface area contributed by atoms with Gasteiger partial charge in [-0.2, -0.15) is 4.31 Å². The Morgan fingerprint density at radius 2 is 2.16 bits per heavy atom. The monoisotopic (exact) mass is 372 g/mol. The van der Waals surface area contributed by atoms with Gasteiger partial charge in [0.25, 0.3) is 0 Å². The fourth-order valence-corrected chi connectivity index (χ4v) is 4.72. The summed E-state index contributed by atoms with van der Waals surface area (Å²) in [4.78, 5) is -0.279. The number of hydrogen-bond acceptors (Lipinski definition) is 3. The zero-order chi connectivity index (χ0) is 13.3. The van der Waals surface area contributed by atoms with Crippen molar-refractivity contribution in [3.8, 4) is 0 Å². The largest absolute Gasteiger partial charge is 0.314 e. The molecule has 1 fully saturated rings. The molecule has 8 heteroatoms. The second-order valence-electron chi connectivity index (χ2n) is 4.22. The molecule has 1 aliphatic rings. The molecule has 1 heterocycles. The van der Waals surface area contributed by atoms with Gasteiger partial charge >= 0.3 is 0 Å². The van der Waals surface area contributed by atoms with Gasteiger partial charge in [-0.3, -0.25) is 0 Å². The average molecular weight is 374 g/mol. The van der Waals surface area contributed by atoms with Crippen molar-refractivity contribution >= 4 is 38.4 Å². The van der Waals surface area contributed by atoms with E-state index in [1.165, 1.54) is 16.4 Å². The molecule has 1 aromatic rings. The standard InChI is InChI=1S/C11H14BrFN2O2S.ClH/c1-8-7-14-5-6-15(8)18(16,17)11-9(12)3-2-4-10(11)13;/h2-4,8,14H,5-7H2,1H3;1H. The smallest absolute Gasteiger partial charge is 0.247 e. The lowest BCUT2D eigenvalue weighted by molar-refractivity contribution is 0.282. The lowest BCUT2D eigenvalue weighted by Crippen LogP contribution is -2.52. The molecule has 0 spiro atoms. The first-order valence-corrected chi connectivity index (χ1v) is 7.84. The molecule has 108 valence electrons. The van der Waals surface area contributed by atoms with Gasteiger partial charge in [-0.1, -0.05) is 6.07 Å². The quantitative estimate of drug-likeness (QED) is 0.862. The minimum atomic E-state index is -3.80.